The molecule has 3 rings (SSSR count). The van der Waals surface area contributed by atoms with Gasteiger partial charge >= 0.3 is 6.03 Å². The maximum absolute atomic E-state index is 13.0. The molecule has 0 spiro atoms. The molecule has 1 heterocycles. The topological polar surface area (TPSA) is 84.9 Å². The van der Waals surface area contributed by atoms with Gasteiger partial charge in [0, 0.05) is 6.07 Å². The molecule has 29 heavy (non-hydrogen) atoms. The summed E-state index contributed by atoms with van der Waals surface area (Å²) in [6.07, 6.45) is 1.38. The summed E-state index contributed by atoms with van der Waals surface area (Å²) in [6, 6.07) is 10.6. The van der Waals surface area contributed by atoms with E-state index in [-0.39, 0.29) is 5.57 Å². The number of benzene rings is 2. The summed E-state index contributed by atoms with van der Waals surface area (Å²) >= 11 is 6.18. The summed E-state index contributed by atoms with van der Waals surface area (Å²) < 4.78 is 10.8. The van der Waals surface area contributed by atoms with Crippen molar-refractivity contribution in [2.24, 2.45) is 0 Å². The van der Waals surface area contributed by atoms with Crippen molar-refractivity contribution in [2.45, 2.75) is 13.8 Å². The molecule has 0 aliphatic carbocycles. The highest BCUT2D eigenvalue weighted by molar-refractivity contribution is 6.39. The summed E-state index contributed by atoms with van der Waals surface area (Å²) in [6.45, 7) is 4.56. The predicted octanol–water partition coefficient (Wildman–Crippen LogP) is 3.80. The summed E-state index contributed by atoms with van der Waals surface area (Å²) in [5.74, 6) is -0.508. The number of urea groups is 1. The lowest BCUT2D eigenvalue weighted by molar-refractivity contribution is -0.122. The maximum atomic E-state index is 13.0. The van der Waals surface area contributed by atoms with Crippen molar-refractivity contribution in [1.29, 1.82) is 0 Å². The molecule has 8 heteroatoms. The molecule has 0 aromatic heterocycles. The first-order valence-electron chi connectivity index (χ1n) is 9.01. The zero-order valence-electron chi connectivity index (χ0n) is 15.9. The number of hydrogen-bond acceptors (Lipinski definition) is 5. The van der Waals surface area contributed by atoms with Crippen LogP contribution in [0.25, 0.3) is 6.08 Å². The number of imide groups is 2. The molecular weight excluding hydrogens is 396 g/mol. The number of carbonyl (C=O) groups excluding carboxylic acids is 3. The summed E-state index contributed by atoms with van der Waals surface area (Å²) in [5.41, 5.74) is 0.627. The summed E-state index contributed by atoms with van der Waals surface area (Å²) in [7, 11) is 0. The van der Waals surface area contributed by atoms with Crippen molar-refractivity contribution in [2.75, 3.05) is 18.1 Å². The van der Waals surface area contributed by atoms with Crippen LogP contribution in [0.1, 0.15) is 19.4 Å². The lowest BCUT2D eigenvalue weighted by atomic mass is 10.1. The summed E-state index contributed by atoms with van der Waals surface area (Å²) in [5, 5.41) is 2.54. The van der Waals surface area contributed by atoms with Gasteiger partial charge in [0.1, 0.15) is 17.1 Å². The van der Waals surface area contributed by atoms with Gasteiger partial charge in [0.15, 0.2) is 0 Å². The zero-order chi connectivity index (χ0) is 21.0. The molecule has 150 valence electrons. The van der Waals surface area contributed by atoms with Crippen LogP contribution < -0.4 is 19.7 Å². The maximum Gasteiger partial charge on any atom is 0.335 e. The molecular formula is C21H19ClN2O5. The van der Waals surface area contributed by atoms with E-state index in [1.165, 1.54) is 6.08 Å². The third-order valence-electron chi connectivity index (χ3n) is 4.06. The third kappa shape index (κ3) is 4.41. The molecule has 4 amide bonds. The SMILES string of the molecule is CCOc1cccc(N2C(=O)NC(=O)C(=Cc3ccc(OCC)c(Cl)c3)C2=O)c1. The quantitative estimate of drug-likeness (QED) is 0.574. The van der Waals surface area contributed by atoms with E-state index in [2.05, 4.69) is 5.32 Å². The van der Waals surface area contributed by atoms with Gasteiger partial charge in [-0.05, 0) is 49.8 Å². The molecule has 1 saturated heterocycles. The Labute approximate surface area is 172 Å². The van der Waals surface area contributed by atoms with Gasteiger partial charge in [-0.25, -0.2) is 9.69 Å². The monoisotopic (exact) mass is 414 g/mol. The van der Waals surface area contributed by atoms with E-state index in [0.29, 0.717) is 41.0 Å². The van der Waals surface area contributed by atoms with Crippen LogP contribution in [-0.4, -0.2) is 31.1 Å². The second-order valence-corrected chi connectivity index (χ2v) is 6.42. The Morgan fingerprint density at radius 3 is 2.48 bits per heavy atom. The second-order valence-electron chi connectivity index (χ2n) is 6.01. The van der Waals surface area contributed by atoms with Crippen molar-refractivity contribution in [3.05, 3.63) is 58.6 Å². The molecule has 2 aromatic rings. The molecule has 1 aliphatic rings. The average Bonchev–Trinajstić information content (AvgIpc) is 2.68. The molecule has 1 N–H and O–H groups in total. The van der Waals surface area contributed by atoms with Crippen molar-refractivity contribution in [3.63, 3.8) is 0 Å². The first-order chi connectivity index (χ1) is 13.9. The highest BCUT2D eigenvalue weighted by atomic mass is 35.5. The van der Waals surface area contributed by atoms with Crippen LogP contribution in [0.2, 0.25) is 5.02 Å². The van der Waals surface area contributed by atoms with E-state index in [1.807, 2.05) is 13.8 Å². The lowest BCUT2D eigenvalue weighted by Gasteiger charge is -2.26. The van der Waals surface area contributed by atoms with Crippen LogP contribution in [-0.2, 0) is 9.59 Å². The number of halogens is 1. The van der Waals surface area contributed by atoms with Crippen LogP contribution in [0.4, 0.5) is 10.5 Å². The Morgan fingerprint density at radius 2 is 1.79 bits per heavy atom. The fourth-order valence-electron chi connectivity index (χ4n) is 2.82. The van der Waals surface area contributed by atoms with Gasteiger partial charge < -0.3 is 9.47 Å². The highest BCUT2D eigenvalue weighted by Gasteiger charge is 2.37. The fraction of sp³-hybridized carbons (Fsp3) is 0.190. The van der Waals surface area contributed by atoms with E-state index in [0.717, 1.165) is 4.90 Å². The Balaban J connectivity index is 1.96. The van der Waals surface area contributed by atoms with Crippen molar-refractivity contribution in [3.8, 4) is 11.5 Å². The first kappa shape index (κ1) is 20.4. The Kier molecular flexibility index (Phi) is 6.19. The first-order valence-corrected chi connectivity index (χ1v) is 9.39. The lowest BCUT2D eigenvalue weighted by Crippen LogP contribution is -2.54. The number of nitrogens with zero attached hydrogens (tertiary/aromatic N) is 1. The minimum atomic E-state index is -0.824. The molecule has 1 fully saturated rings. The van der Waals surface area contributed by atoms with Crippen molar-refractivity contribution in [1.82, 2.24) is 5.32 Å². The van der Waals surface area contributed by atoms with Crippen LogP contribution >= 0.6 is 11.6 Å². The van der Waals surface area contributed by atoms with Gasteiger partial charge in [0.2, 0.25) is 0 Å². The minimum absolute atomic E-state index is 0.188. The van der Waals surface area contributed by atoms with Gasteiger partial charge in [-0.15, -0.1) is 0 Å². The predicted molar refractivity (Wildman–Crippen MR) is 109 cm³/mol. The molecule has 0 unspecified atom stereocenters. The standard InChI is InChI=1S/C21H19ClN2O5/c1-3-28-15-7-5-6-14(12-15)24-20(26)16(19(25)23-21(24)27)10-13-8-9-18(29-4-2)17(22)11-13/h5-12H,3-4H2,1-2H3,(H,23,25,27). The molecule has 0 saturated carbocycles. The summed E-state index contributed by atoms with van der Waals surface area (Å²) in [4.78, 5) is 38.5. The number of amides is 4. The highest BCUT2D eigenvalue weighted by Crippen LogP contribution is 2.28. The number of rotatable bonds is 6. The van der Waals surface area contributed by atoms with Gasteiger partial charge in [-0.1, -0.05) is 23.7 Å². The van der Waals surface area contributed by atoms with Gasteiger partial charge in [0.05, 0.1) is 23.9 Å². The molecule has 0 radical (unpaired) electrons. The fourth-order valence-corrected chi connectivity index (χ4v) is 3.06. The van der Waals surface area contributed by atoms with Gasteiger partial charge in [-0.2, -0.15) is 0 Å². The normalized spacial score (nSPS) is 15.5. The minimum Gasteiger partial charge on any atom is -0.494 e. The number of anilines is 1. The van der Waals surface area contributed by atoms with E-state index in [4.69, 9.17) is 21.1 Å². The Morgan fingerprint density at radius 1 is 1.03 bits per heavy atom. The Bertz CT molecular complexity index is 1000. The number of carbonyl (C=O) groups is 3. The number of hydrogen-bond donors (Lipinski definition) is 1. The van der Waals surface area contributed by atoms with Crippen LogP contribution in [0, 0.1) is 0 Å². The zero-order valence-corrected chi connectivity index (χ0v) is 16.7. The Hall–Kier alpha value is -3.32. The van der Waals surface area contributed by atoms with E-state index < -0.39 is 17.8 Å². The second kappa shape index (κ2) is 8.79. The van der Waals surface area contributed by atoms with Crippen LogP contribution in [0.3, 0.4) is 0 Å². The number of barbiturate groups is 1. The van der Waals surface area contributed by atoms with Crippen molar-refractivity contribution < 1.29 is 23.9 Å². The van der Waals surface area contributed by atoms with Crippen LogP contribution in [0.15, 0.2) is 48.0 Å². The van der Waals surface area contributed by atoms with E-state index in [9.17, 15) is 14.4 Å². The third-order valence-corrected chi connectivity index (χ3v) is 4.35. The molecule has 7 nitrogen and oxygen atoms in total. The van der Waals surface area contributed by atoms with Crippen molar-refractivity contribution >= 4 is 41.2 Å². The molecule has 2 aromatic carbocycles. The number of nitrogens with one attached hydrogen (secondary N) is 1. The van der Waals surface area contributed by atoms with Gasteiger partial charge in [-0.3, -0.25) is 14.9 Å². The van der Waals surface area contributed by atoms with E-state index in [1.54, 1.807) is 42.5 Å². The van der Waals surface area contributed by atoms with Gasteiger partial charge in [0.25, 0.3) is 11.8 Å². The molecule has 0 atom stereocenters. The smallest absolute Gasteiger partial charge is 0.335 e. The van der Waals surface area contributed by atoms with E-state index >= 15 is 0 Å². The average molecular weight is 415 g/mol. The molecule has 0 bridgehead atoms. The molecule has 1 aliphatic heterocycles. The largest absolute Gasteiger partial charge is 0.494 e. The number of ether oxygens (including phenoxy) is 2. The van der Waals surface area contributed by atoms with Crippen LogP contribution in [0.5, 0.6) is 11.5 Å².